The van der Waals surface area contributed by atoms with Gasteiger partial charge in [0.05, 0.1) is 11.1 Å². The SMILES string of the molecule is CC(C)CC(OC(=O)c1ccc(C(=O)O)cc1S(=O)(=O)O)C(C)C.[H-].[Na+]. The topological polar surface area (TPSA) is 118 Å². The number of carbonyl (C=O) groups excluding carboxylic acids is 1. The van der Waals surface area contributed by atoms with Crippen molar-refractivity contribution in [1.29, 1.82) is 0 Å². The third-order valence-corrected chi connectivity index (χ3v) is 4.33. The number of esters is 1. The van der Waals surface area contributed by atoms with E-state index >= 15 is 0 Å². The van der Waals surface area contributed by atoms with Crippen molar-refractivity contribution in [1.82, 2.24) is 0 Å². The second-order valence-corrected chi connectivity index (χ2v) is 7.70. The summed E-state index contributed by atoms with van der Waals surface area (Å²) in [7, 11) is -4.78. The number of aromatic carboxylic acids is 1. The molecule has 0 spiro atoms. The van der Waals surface area contributed by atoms with E-state index in [2.05, 4.69) is 0 Å². The van der Waals surface area contributed by atoms with Gasteiger partial charge in [0.2, 0.25) is 0 Å². The summed E-state index contributed by atoms with van der Waals surface area (Å²) in [5, 5.41) is 8.93. The van der Waals surface area contributed by atoms with Gasteiger partial charge >= 0.3 is 41.5 Å². The maximum Gasteiger partial charge on any atom is 1.00 e. The van der Waals surface area contributed by atoms with Crippen LogP contribution in [-0.2, 0) is 14.9 Å². The van der Waals surface area contributed by atoms with Gasteiger partial charge in [-0.25, -0.2) is 9.59 Å². The summed E-state index contributed by atoms with van der Waals surface area (Å²) in [5.74, 6) is -2.01. The second kappa shape index (κ2) is 9.68. The van der Waals surface area contributed by atoms with Gasteiger partial charge in [-0.1, -0.05) is 27.7 Å². The molecule has 0 heterocycles. The van der Waals surface area contributed by atoms with E-state index in [1.165, 1.54) is 0 Å². The summed E-state index contributed by atoms with van der Waals surface area (Å²) < 4.78 is 37.6. The van der Waals surface area contributed by atoms with E-state index in [9.17, 15) is 22.6 Å². The molecule has 9 heteroatoms. The van der Waals surface area contributed by atoms with Crippen LogP contribution in [-0.4, -0.2) is 36.1 Å². The van der Waals surface area contributed by atoms with Crippen LogP contribution in [0.5, 0.6) is 0 Å². The molecule has 1 atom stereocenters. The molecule has 0 bridgehead atoms. The fourth-order valence-electron chi connectivity index (χ4n) is 2.16. The molecule has 0 saturated carbocycles. The van der Waals surface area contributed by atoms with Gasteiger partial charge in [-0.2, -0.15) is 8.42 Å². The van der Waals surface area contributed by atoms with Crippen LogP contribution in [0.4, 0.5) is 0 Å². The van der Waals surface area contributed by atoms with E-state index in [1.54, 1.807) is 0 Å². The first-order valence-corrected chi connectivity index (χ1v) is 8.93. The van der Waals surface area contributed by atoms with Crippen molar-refractivity contribution in [3.63, 3.8) is 0 Å². The molecule has 136 valence electrons. The van der Waals surface area contributed by atoms with Crippen molar-refractivity contribution >= 4 is 22.1 Å². The Morgan fingerprint density at radius 2 is 1.76 bits per heavy atom. The van der Waals surface area contributed by atoms with Gasteiger partial charge in [0.15, 0.2) is 0 Å². The summed E-state index contributed by atoms with van der Waals surface area (Å²) in [5.41, 5.74) is -0.751. The zero-order valence-corrected chi connectivity index (χ0v) is 17.8. The van der Waals surface area contributed by atoms with Crippen molar-refractivity contribution in [2.75, 3.05) is 0 Å². The summed E-state index contributed by atoms with van der Waals surface area (Å²) >= 11 is 0. The Hall–Kier alpha value is -0.930. The van der Waals surface area contributed by atoms with Crippen LogP contribution < -0.4 is 29.6 Å². The minimum absolute atomic E-state index is 0. The number of ether oxygens (including phenoxy) is 1. The quantitative estimate of drug-likeness (QED) is 0.386. The normalized spacial score (nSPS) is 12.6. The summed E-state index contributed by atoms with van der Waals surface area (Å²) in [6.07, 6.45) is 0.170. The van der Waals surface area contributed by atoms with E-state index in [-0.39, 0.29) is 48.4 Å². The number of carboxylic acid groups (broad SMARTS) is 1. The first-order valence-electron chi connectivity index (χ1n) is 7.49. The first-order chi connectivity index (χ1) is 10.9. The number of hydrogen-bond donors (Lipinski definition) is 2. The van der Waals surface area contributed by atoms with Crippen LogP contribution in [0.1, 0.15) is 56.3 Å². The molecule has 0 aliphatic carbocycles. The van der Waals surface area contributed by atoms with Crippen molar-refractivity contribution in [3.8, 4) is 0 Å². The number of carbonyl (C=O) groups is 2. The minimum Gasteiger partial charge on any atom is -1.00 e. The van der Waals surface area contributed by atoms with Crippen molar-refractivity contribution in [2.24, 2.45) is 11.8 Å². The smallest absolute Gasteiger partial charge is 1.00 e. The van der Waals surface area contributed by atoms with Crippen LogP contribution in [0.25, 0.3) is 0 Å². The van der Waals surface area contributed by atoms with Crippen LogP contribution in [0.15, 0.2) is 23.1 Å². The van der Waals surface area contributed by atoms with Crippen LogP contribution in [0.2, 0.25) is 0 Å². The second-order valence-electron chi connectivity index (χ2n) is 6.31. The average Bonchev–Trinajstić information content (AvgIpc) is 2.44. The molecule has 0 amide bonds. The number of benzene rings is 1. The van der Waals surface area contributed by atoms with Gasteiger partial charge in [-0.05, 0) is 36.5 Å². The minimum atomic E-state index is -4.78. The summed E-state index contributed by atoms with van der Waals surface area (Å²) in [4.78, 5) is 22.5. The molecule has 25 heavy (non-hydrogen) atoms. The Bertz CT molecular complexity index is 732. The number of rotatable bonds is 7. The molecule has 7 nitrogen and oxygen atoms in total. The van der Waals surface area contributed by atoms with Crippen LogP contribution in [0, 0.1) is 11.8 Å². The zero-order valence-electron chi connectivity index (χ0n) is 16.0. The molecule has 0 aromatic heterocycles. The Balaban J connectivity index is 0. The summed E-state index contributed by atoms with van der Waals surface area (Å²) in [6, 6.07) is 2.85. The van der Waals surface area contributed by atoms with Gasteiger partial charge in [-0.3, -0.25) is 4.55 Å². The molecule has 0 aliphatic rings. The Morgan fingerprint density at radius 3 is 2.16 bits per heavy atom. The molecule has 2 N–H and O–H groups in total. The fourth-order valence-corrected chi connectivity index (χ4v) is 2.86. The Labute approximate surface area is 171 Å². The molecule has 0 radical (unpaired) electrons. The molecule has 1 aromatic rings. The number of carboxylic acids is 1. The van der Waals surface area contributed by atoms with Crippen LogP contribution >= 0.6 is 0 Å². The predicted molar refractivity (Wildman–Crippen MR) is 87.8 cm³/mol. The Morgan fingerprint density at radius 1 is 1.20 bits per heavy atom. The van der Waals surface area contributed by atoms with E-state index in [0.29, 0.717) is 6.42 Å². The third kappa shape index (κ3) is 7.07. The largest absolute Gasteiger partial charge is 1.00 e. The van der Waals surface area contributed by atoms with E-state index < -0.39 is 38.6 Å². The van der Waals surface area contributed by atoms with Gasteiger partial charge in [0, 0.05) is 0 Å². The monoisotopic (exact) mass is 382 g/mol. The molecule has 1 rings (SSSR count). The first kappa shape index (κ1) is 24.1. The molecule has 0 fully saturated rings. The van der Waals surface area contributed by atoms with E-state index in [1.807, 2.05) is 27.7 Å². The van der Waals surface area contributed by atoms with E-state index in [0.717, 1.165) is 18.2 Å². The molecule has 0 aliphatic heterocycles. The predicted octanol–water partition coefficient (Wildman–Crippen LogP) is -0.0245. The molecule has 0 saturated heterocycles. The number of hydrogen-bond acceptors (Lipinski definition) is 5. The van der Waals surface area contributed by atoms with Crippen molar-refractivity contribution in [2.45, 2.75) is 45.1 Å². The summed E-state index contributed by atoms with van der Waals surface area (Å²) in [6.45, 7) is 7.68. The average molecular weight is 382 g/mol. The van der Waals surface area contributed by atoms with Crippen molar-refractivity contribution < 1.29 is 63.4 Å². The van der Waals surface area contributed by atoms with Gasteiger partial charge in [0.1, 0.15) is 11.0 Å². The van der Waals surface area contributed by atoms with Crippen molar-refractivity contribution in [3.05, 3.63) is 29.3 Å². The fraction of sp³-hybridized carbons (Fsp3) is 0.500. The maximum absolute atomic E-state index is 12.3. The zero-order chi connectivity index (χ0) is 18.7. The molecule has 1 aromatic carbocycles. The van der Waals surface area contributed by atoms with Gasteiger partial charge < -0.3 is 11.3 Å². The Kier molecular flexibility index (Phi) is 9.32. The third-order valence-electron chi connectivity index (χ3n) is 3.43. The van der Waals surface area contributed by atoms with E-state index in [4.69, 9.17) is 9.84 Å². The maximum atomic E-state index is 12.3. The van der Waals surface area contributed by atoms with Crippen LogP contribution in [0.3, 0.4) is 0 Å². The van der Waals surface area contributed by atoms with Gasteiger partial charge in [0.25, 0.3) is 10.1 Å². The molecule has 1 unspecified atom stereocenters. The van der Waals surface area contributed by atoms with Gasteiger partial charge in [-0.15, -0.1) is 0 Å². The molecular weight excluding hydrogens is 359 g/mol. The standard InChI is InChI=1S/C16H22O7S.Na.H/c1-9(2)7-13(10(3)4)23-16(19)12-6-5-11(15(17)18)8-14(12)24(20,21)22;;/h5-6,8-10,13H,7H2,1-4H3,(H,17,18)(H,20,21,22);;/q;+1;-1. The molecular formula is C16H23NaO7S.